The van der Waals surface area contributed by atoms with Gasteiger partial charge in [-0.2, -0.15) is 0 Å². The van der Waals surface area contributed by atoms with Crippen LogP contribution in [-0.4, -0.2) is 24.3 Å². The van der Waals surface area contributed by atoms with Gasteiger partial charge in [0.25, 0.3) is 5.91 Å². The number of ether oxygens (including phenoxy) is 1. The fourth-order valence-corrected chi connectivity index (χ4v) is 3.58. The zero-order valence-corrected chi connectivity index (χ0v) is 13.7. The van der Waals surface area contributed by atoms with E-state index < -0.39 is 0 Å². The number of rotatable bonds is 5. The van der Waals surface area contributed by atoms with E-state index in [4.69, 9.17) is 4.74 Å². The van der Waals surface area contributed by atoms with Gasteiger partial charge in [-0.3, -0.25) is 9.59 Å². The summed E-state index contributed by atoms with van der Waals surface area (Å²) in [5.74, 6) is 1.51. The quantitative estimate of drug-likeness (QED) is 0.849. The standard InChI is InChI=1S/C16H23NO3S/c1-10-5-4-6-13(11(10)2)17-15(19)9-20-14-7-8-21-16(14)12(3)18/h7-8,10-11,13H,4-6,9H2,1-3H3,(H,17,19)/t10-,11-,13-/m1/s1. The maximum Gasteiger partial charge on any atom is 0.258 e. The first kappa shape index (κ1) is 16.0. The van der Waals surface area contributed by atoms with Crippen LogP contribution in [-0.2, 0) is 4.79 Å². The zero-order chi connectivity index (χ0) is 15.4. The summed E-state index contributed by atoms with van der Waals surface area (Å²) in [7, 11) is 0. The number of hydrogen-bond donors (Lipinski definition) is 1. The van der Waals surface area contributed by atoms with E-state index in [2.05, 4.69) is 19.2 Å². The number of carbonyl (C=O) groups is 2. The lowest BCUT2D eigenvalue weighted by Crippen LogP contribution is -2.45. The van der Waals surface area contributed by atoms with Crippen molar-refractivity contribution < 1.29 is 14.3 Å². The molecule has 1 heterocycles. The highest BCUT2D eigenvalue weighted by atomic mass is 32.1. The topological polar surface area (TPSA) is 55.4 Å². The normalized spacial score (nSPS) is 25.4. The smallest absolute Gasteiger partial charge is 0.258 e. The van der Waals surface area contributed by atoms with Gasteiger partial charge in [0, 0.05) is 13.0 Å². The van der Waals surface area contributed by atoms with Gasteiger partial charge in [-0.05, 0) is 29.7 Å². The van der Waals surface area contributed by atoms with Gasteiger partial charge >= 0.3 is 0 Å². The van der Waals surface area contributed by atoms with Crippen LogP contribution in [0.5, 0.6) is 5.75 Å². The molecule has 21 heavy (non-hydrogen) atoms. The number of ketones is 1. The lowest BCUT2D eigenvalue weighted by atomic mass is 9.78. The van der Waals surface area contributed by atoms with Crippen molar-refractivity contribution in [1.29, 1.82) is 0 Å². The van der Waals surface area contributed by atoms with Crippen molar-refractivity contribution >= 4 is 23.0 Å². The molecule has 116 valence electrons. The minimum Gasteiger partial charge on any atom is -0.482 e. The maximum absolute atomic E-state index is 12.0. The molecule has 0 radical (unpaired) electrons. The van der Waals surface area contributed by atoms with Crippen LogP contribution in [0.4, 0.5) is 0 Å². The van der Waals surface area contributed by atoms with Crippen LogP contribution >= 0.6 is 11.3 Å². The molecule has 1 amide bonds. The molecule has 1 N–H and O–H groups in total. The lowest BCUT2D eigenvalue weighted by Gasteiger charge is -2.34. The molecule has 0 unspecified atom stereocenters. The fraction of sp³-hybridized carbons (Fsp3) is 0.625. The molecule has 1 aliphatic carbocycles. The van der Waals surface area contributed by atoms with Crippen LogP contribution in [0.1, 0.15) is 49.7 Å². The summed E-state index contributed by atoms with van der Waals surface area (Å²) >= 11 is 1.34. The molecule has 3 atom stereocenters. The van der Waals surface area contributed by atoms with E-state index in [9.17, 15) is 9.59 Å². The Morgan fingerprint density at radius 1 is 1.38 bits per heavy atom. The summed E-state index contributed by atoms with van der Waals surface area (Å²) in [6.07, 6.45) is 3.44. The highest BCUT2D eigenvalue weighted by Gasteiger charge is 2.28. The monoisotopic (exact) mass is 309 g/mol. The van der Waals surface area contributed by atoms with Crippen LogP contribution in [0.2, 0.25) is 0 Å². The second-order valence-corrected chi connectivity index (χ2v) is 6.82. The van der Waals surface area contributed by atoms with E-state index in [0.717, 1.165) is 12.8 Å². The fourth-order valence-electron chi connectivity index (χ4n) is 2.85. The highest BCUT2D eigenvalue weighted by Crippen LogP contribution is 2.29. The summed E-state index contributed by atoms with van der Waals surface area (Å²) in [5.41, 5.74) is 0. The summed E-state index contributed by atoms with van der Waals surface area (Å²) < 4.78 is 5.48. The first-order valence-electron chi connectivity index (χ1n) is 7.49. The van der Waals surface area contributed by atoms with E-state index in [1.807, 2.05) is 0 Å². The van der Waals surface area contributed by atoms with Crippen molar-refractivity contribution in [3.05, 3.63) is 16.3 Å². The Morgan fingerprint density at radius 2 is 2.14 bits per heavy atom. The highest BCUT2D eigenvalue weighted by molar-refractivity contribution is 7.12. The Kier molecular flexibility index (Phi) is 5.39. The first-order valence-corrected chi connectivity index (χ1v) is 8.37. The van der Waals surface area contributed by atoms with Crippen molar-refractivity contribution in [2.75, 3.05) is 6.61 Å². The molecular formula is C16H23NO3S. The predicted molar refractivity (Wildman–Crippen MR) is 83.9 cm³/mol. The largest absolute Gasteiger partial charge is 0.482 e. The molecule has 1 fully saturated rings. The van der Waals surface area contributed by atoms with Crippen molar-refractivity contribution in [3.8, 4) is 5.75 Å². The number of carbonyl (C=O) groups excluding carboxylic acids is 2. The van der Waals surface area contributed by atoms with Crippen LogP contribution < -0.4 is 10.1 Å². The van der Waals surface area contributed by atoms with Crippen LogP contribution in [0.15, 0.2) is 11.4 Å². The number of nitrogens with one attached hydrogen (secondary N) is 1. The summed E-state index contributed by atoms with van der Waals surface area (Å²) in [6.45, 7) is 5.91. The second kappa shape index (κ2) is 7.07. The van der Waals surface area contributed by atoms with Gasteiger partial charge in [-0.1, -0.05) is 26.7 Å². The van der Waals surface area contributed by atoms with Crippen molar-refractivity contribution in [2.24, 2.45) is 11.8 Å². The molecule has 1 aromatic rings. The average Bonchev–Trinajstić information content (AvgIpc) is 2.90. The van der Waals surface area contributed by atoms with Gasteiger partial charge in [-0.15, -0.1) is 11.3 Å². The Bertz CT molecular complexity index is 511. The third-order valence-electron chi connectivity index (χ3n) is 4.36. The van der Waals surface area contributed by atoms with Gasteiger partial charge in [0.15, 0.2) is 12.4 Å². The van der Waals surface area contributed by atoms with Crippen LogP contribution in [0, 0.1) is 11.8 Å². The molecule has 5 heteroatoms. The number of hydrogen-bond acceptors (Lipinski definition) is 4. The lowest BCUT2D eigenvalue weighted by molar-refractivity contribution is -0.124. The number of thiophene rings is 1. The minimum atomic E-state index is -0.110. The molecule has 1 saturated carbocycles. The average molecular weight is 309 g/mol. The second-order valence-electron chi connectivity index (χ2n) is 5.90. The Hall–Kier alpha value is -1.36. The third kappa shape index (κ3) is 4.06. The van der Waals surface area contributed by atoms with Gasteiger partial charge in [0.2, 0.25) is 0 Å². The molecule has 0 aromatic carbocycles. The van der Waals surface area contributed by atoms with E-state index in [1.165, 1.54) is 24.7 Å². The molecule has 2 rings (SSSR count). The molecule has 0 spiro atoms. The Morgan fingerprint density at radius 3 is 2.86 bits per heavy atom. The molecule has 1 aliphatic rings. The first-order chi connectivity index (χ1) is 9.99. The maximum atomic E-state index is 12.0. The molecule has 0 bridgehead atoms. The molecular weight excluding hydrogens is 286 g/mol. The van der Waals surface area contributed by atoms with Gasteiger partial charge in [-0.25, -0.2) is 0 Å². The third-order valence-corrected chi connectivity index (χ3v) is 5.36. The minimum absolute atomic E-state index is 0.0323. The van der Waals surface area contributed by atoms with Gasteiger partial charge in [0.05, 0.1) is 0 Å². The van der Waals surface area contributed by atoms with Gasteiger partial charge in [0.1, 0.15) is 10.6 Å². The van der Waals surface area contributed by atoms with Gasteiger partial charge < -0.3 is 10.1 Å². The van der Waals surface area contributed by atoms with E-state index >= 15 is 0 Å². The van der Waals surface area contributed by atoms with Crippen LogP contribution in [0.3, 0.4) is 0 Å². The predicted octanol–water partition coefficient (Wildman–Crippen LogP) is 3.27. The summed E-state index contributed by atoms with van der Waals surface area (Å²) in [5, 5.41) is 4.87. The number of amides is 1. The molecule has 0 saturated heterocycles. The van der Waals surface area contributed by atoms with Crippen molar-refractivity contribution in [2.45, 2.75) is 46.1 Å². The van der Waals surface area contributed by atoms with Crippen molar-refractivity contribution in [3.63, 3.8) is 0 Å². The Balaban J connectivity index is 1.85. The van der Waals surface area contributed by atoms with E-state index in [-0.39, 0.29) is 24.3 Å². The zero-order valence-electron chi connectivity index (χ0n) is 12.8. The SMILES string of the molecule is CC(=O)c1sccc1OCC(=O)N[C@@H]1CCC[C@@H](C)[C@H]1C. The van der Waals surface area contributed by atoms with Crippen molar-refractivity contribution in [1.82, 2.24) is 5.32 Å². The molecule has 1 aromatic heterocycles. The van der Waals surface area contributed by atoms with Crippen LogP contribution in [0.25, 0.3) is 0 Å². The Labute approximate surface area is 129 Å². The number of Topliss-reactive ketones (excluding diaryl/α,β-unsaturated/α-hetero) is 1. The molecule has 4 nitrogen and oxygen atoms in total. The summed E-state index contributed by atoms with van der Waals surface area (Å²) in [4.78, 5) is 24.0. The van der Waals surface area contributed by atoms with E-state index in [1.54, 1.807) is 11.4 Å². The van der Waals surface area contributed by atoms with E-state index in [0.29, 0.717) is 22.5 Å². The summed E-state index contributed by atoms with van der Waals surface area (Å²) in [6, 6.07) is 1.97. The molecule has 0 aliphatic heterocycles.